The highest BCUT2D eigenvalue weighted by Gasteiger charge is 2.31. The minimum absolute atomic E-state index is 0.456. The maximum Gasteiger partial charge on any atom is 0.349 e. The van der Waals surface area contributed by atoms with Crippen molar-refractivity contribution >= 4 is 17.6 Å². The number of ether oxygens (including phenoxy) is 2. The number of rotatable bonds is 5. The van der Waals surface area contributed by atoms with Gasteiger partial charge in [-0.25, -0.2) is 4.79 Å². The van der Waals surface area contributed by atoms with Crippen LogP contribution in [0.5, 0.6) is 5.75 Å². The third-order valence-electron chi connectivity index (χ3n) is 3.43. The van der Waals surface area contributed by atoms with E-state index >= 15 is 0 Å². The number of hydrogen-bond acceptors (Lipinski definition) is 4. The molecule has 0 aliphatic rings. The van der Waals surface area contributed by atoms with E-state index in [0.717, 1.165) is 11.1 Å². The molecule has 5 heteroatoms. The fraction of sp³-hybridized carbons (Fsp3) is 0.278. The molecular weight excluding hydrogens is 316 g/mol. The summed E-state index contributed by atoms with van der Waals surface area (Å²) >= 11 is 5.85. The van der Waals surface area contributed by atoms with Gasteiger partial charge in [-0.3, -0.25) is 0 Å². The molecule has 0 aliphatic carbocycles. The molecular formula is C18H19ClO4. The molecule has 0 amide bonds. The van der Waals surface area contributed by atoms with Gasteiger partial charge in [-0.15, -0.1) is 0 Å². The molecule has 0 bridgehead atoms. The van der Waals surface area contributed by atoms with Crippen LogP contribution in [0, 0.1) is 0 Å². The van der Waals surface area contributed by atoms with Crippen molar-refractivity contribution in [2.75, 3.05) is 7.11 Å². The molecule has 122 valence electrons. The van der Waals surface area contributed by atoms with Gasteiger partial charge in [-0.1, -0.05) is 35.9 Å². The number of methoxy groups -OCH3 is 1. The summed E-state index contributed by atoms with van der Waals surface area (Å²) in [4.78, 5) is 11.6. The van der Waals surface area contributed by atoms with Gasteiger partial charge in [-0.2, -0.15) is 0 Å². The molecule has 0 saturated heterocycles. The maximum absolute atomic E-state index is 11.6. The second kappa shape index (κ2) is 7.02. The molecule has 0 unspecified atom stereocenters. The number of benzene rings is 2. The molecule has 2 rings (SSSR count). The number of aliphatic hydroxyl groups is 1. The summed E-state index contributed by atoms with van der Waals surface area (Å²) in [6.45, 7) is 3.27. The maximum atomic E-state index is 11.6. The first kappa shape index (κ1) is 17.3. The largest absolute Gasteiger partial charge is 0.476 e. The molecule has 0 heterocycles. The van der Waals surface area contributed by atoms with Gasteiger partial charge >= 0.3 is 5.97 Å². The molecule has 0 saturated carbocycles. The molecule has 1 N–H and O–H groups in total. The van der Waals surface area contributed by atoms with Crippen LogP contribution in [-0.2, 0) is 9.53 Å². The van der Waals surface area contributed by atoms with Gasteiger partial charge < -0.3 is 14.6 Å². The normalized spacial score (nSPS) is 12.6. The number of hydrogen-bond donors (Lipinski definition) is 1. The molecule has 0 spiro atoms. The molecule has 2 aromatic rings. The zero-order valence-electron chi connectivity index (χ0n) is 13.2. The van der Waals surface area contributed by atoms with Crippen LogP contribution in [0.4, 0.5) is 0 Å². The van der Waals surface area contributed by atoms with Crippen molar-refractivity contribution in [1.82, 2.24) is 0 Å². The summed E-state index contributed by atoms with van der Waals surface area (Å²) in [5.41, 5.74) is 0.388. The number of halogens is 1. The van der Waals surface area contributed by atoms with Crippen molar-refractivity contribution in [2.24, 2.45) is 0 Å². The Balaban J connectivity index is 2.13. The topological polar surface area (TPSA) is 55.8 Å². The van der Waals surface area contributed by atoms with Gasteiger partial charge in [-0.05, 0) is 49.2 Å². The van der Waals surface area contributed by atoms with Gasteiger partial charge in [0.2, 0.25) is 0 Å². The van der Waals surface area contributed by atoms with E-state index in [1.807, 2.05) is 0 Å². The lowest BCUT2D eigenvalue weighted by atomic mass is 10.0. The second-order valence-electron chi connectivity index (χ2n) is 5.63. The highest BCUT2D eigenvalue weighted by atomic mass is 35.5. The summed E-state index contributed by atoms with van der Waals surface area (Å²) in [6, 6.07) is 13.9. The van der Waals surface area contributed by atoms with E-state index in [0.29, 0.717) is 10.8 Å². The van der Waals surface area contributed by atoms with Crippen molar-refractivity contribution in [3.63, 3.8) is 0 Å². The third-order valence-corrected chi connectivity index (χ3v) is 3.68. The highest BCUT2D eigenvalue weighted by molar-refractivity contribution is 6.30. The smallest absolute Gasteiger partial charge is 0.349 e. The van der Waals surface area contributed by atoms with E-state index in [9.17, 15) is 9.90 Å². The lowest BCUT2D eigenvalue weighted by Gasteiger charge is -2.23. The zero-order chi connectivity index (χ0) is 17.0. The Labute approximate surface area is 140 Å². The fourth-order valence-electron chi connectivity index (χ4n) is 2.14. The quantitative estimate of drug-likeness (QED) is 0.846. The van der Waals surface area contributed by atoms with E-state index in [1.54, 1.807) is 62.4 Å². The summed E-state index contributed by atoms with van der Waals surface area (Å²) in [7, 11) is 1.32. The summed E-state index contributed by atoms with van der Waals surface area (Å²) in [5.74, 6) is 0.0650. The molecule has 0 aliphatic heterocycles. The molecule has 1 atom stereocenters. The number of aliphatic hydroxyl groups excluding tert-OH is 1. The molecule has 4 nitrogen and oxygen atoms in total. The summed E-state index contributed by atoms with van der Waals surface area (Å²) in [5, 5.41) is 11.0. The fourth-order valence-corrected chi connectivity index (χ4v) is 2.26. The third kappa shape index (κ3) is 4.24. The van der Waals surface area contributed by atoms with Crippen molar-refractivity contribution in [3.05, 3.63) is 64.7 Å². The van der Waals surface area contributed by atoms with Crippen LogP contribution in [0.2, 0.25) is 5.02 Å². The Morgan fingerprint density at radius 3 is 2.00 bits per heavy atom. The van der Waals surface area contributed by atoms with Crippen LogP contribution in [0.25, 0.3) is 0 Å². The Kier molecular flexibility index (Phi) is 5.29. The zero-order valence-corrected chi connectivity index (χ0v) is 14.0. The molecule has 0 aromatic heterocycles. The van der Waals surface area contributed by atoms with Crippen molar-refractivity contribution in [1.29, 1.82) is 0 Å². The predicted octanol–water partition coefficient (Wildman–Crippen LogP) is 3.75. The molecule has 23 heavy (non-hydrogen) atoms. The van der Waals surface area contributed by atoms with Crippen molar-refractivity contribution in [2.45, 2.75) is 25.6 Å². The SMILES string of the molecule is COC(=O)C(C)(C)Oc1ccc([C@@H](O)c2ccc(Cl)cc2)cc1. The number of carbonyl (C=O) groups is 1. The van der Waals surface area contributed by atoms with Crippen LogP contribution in [-0.4, -0.2) is 23.8 Å². The lowest BCUT2D eigenvalue weighted by molar-refractivity contribution is -0.156. The Morgan fingerprint density at radius 1 is 1.04 bits per heavy atom. The van der Waals surface area contributed by atoms with E-state index in [1.165, 1.54) is 7.11 Å². The highest BCUT2D eigenvalue weighted by Crippen LogP contribution is 2.26. The second-order valence-corrected chi connectivity index (χ2v) is 6.06. The first-order chi connectivity index (χ1) is 10.8. The predicted molar refractivity (Wildman–Crippen MR) is 88.7 cm³/mol. The van der Waals surface area contributed by atoms with Gasteiger partial charge in [0.1, 0.15) is 11.9 Å². The van der Waals surface area contributed by atoms with Crippen LogP contribution in [0.1, 0.15) is 31.1 Å². The Bertz CT molecular complexity index is 662. The average Bonchev–Trinajstić information content (AvgIpc) is 2.54. The van der Waals surface area contributed by atoms with Crippen LogP contribution >= 0.6 is 11.6 Å². The summed E-state index contributed by atoms with van der Waals surface area (Å²) < 4.78 is 10.3. The van der Waals surface area contributed by atoms with Crippen LogP contribution in [0.3, 0.4) is 0 Å². The van der Waals surface area contributed by atoms with Gasteiger partial charge in [0.15, 0.2) is 5.60 Å². The minimum Gasteiger partial charge on any atom is -0.476 e. The Hall–Kier alpha value is -2.04. The molecule has 2 aromatic carbocycles. The minimum atomic E-state index is -1.08. The first-order valence-electron chi connectivity index (χ1n) is 7.14. The van der Waals surface area contributed by atoms with Gasteiger partial charge in [0.25, 0.3) is 0 Å². The summed E-state index contributed by atoms with van der Waals surface area (Å²) in [6.07, 6.45) is -0.755. The van der Waals surface area contributed by atoms with E-state index in [4.69, 9.17) is 21.1 Å². The molecule has 0 fully saturated rings. The lowest BCUT2D eigenvalue weighted by Crippen LogP contribution is -2.39. The van der Waals surface area contributed by atoms with Crippen molar-refractivity contribution < 1.29 is 19.4 Å². The van der Waals surface area contributed by atoms with Crippen LogP contribution in [0.15, 0.2) is 48.5 Å². The van der Waals surface area contributed by atoms with Crippen LogP contribution < -0.4 is 4.74 Å². The van der Waals surface area contributed by atoms with Gasteiger partial charge in [0, 0.05) is 5.02 Å². The number of esters is 1. The first-order valence-corrected chi connectivity index (χ1v) is 7.52. The van der Waals surface area contributed by atoms with E-state index in [2.05, 4.69) is 0 Å². The number of carbonyl (C=O) groups excluding carboxylic acids is 1. The average molecular weight is 335 g/mol. The van der Waals surface area contributed by atoms with Crippen molar-refractivity contribution in [3.8, 4) is 5.75 Å². The standard InChI is InChI=1S/C18H19ClO4/c1-18(2,17(21)22-3)23-15-10-6-13(7-11-15)16(20)12-4-8-14(19)9-5-12/h4-11,16,20H,1-3H3/t16-/m0/s1. The van der Waals surface area contributed by atoms with E-state index in [-0.39, 0.29) is 0 Å². The molecule has 0 radical (unpaired) electrons. The van der Waals surface area contributed by atoms with Gasteiger partial charge in [0.05, 0.1) is 7.11 Å². The van der Waals surface area contributed by atoms with E-state index < -0.39 is 17.7 Å². The monoisotopic (exact) mass is 334 g/mol. The Morgan fingerprint density at radius 2 is 1.52 bits per heavy atom.